The quantitative estimate of drug-likeness (QED) is 0.597. The van der Waals surface area contributed by atoms with Gasteiger partial charge in [0.05, 0.1) is 12.8 Å². The van der Waals surface area contributed by atoms with Gasteiger partial charge in [-0.25, -0.2) is 4.39 Å². The normalized spacial score (nSPS) is 10.1. The molecule has 2 rings (SSSR count). The third-order valence-corrected chi connectivity index (χ3v) is 3.06. The predicted molar refractivity (Wildman–Crippen MR) is 79.9 cm³/mol. The van der Waals surface area contributed by atoms with Crippen molar-refractivity contribution in [3.63, 3.8) is 0 Å². The van der Waals surface area contributed by atoms with Gasteiger partial charge in [-0.3, -0.25) is 10.6 Å². The van der Waals surface area contributed by atoms with Gasteiger partial charge in [0.1, 0.15) is 11.6 Å². The number of amides is 1. The Labute approximate surface area is 121 Å². The van der Waals surface area contributed by atoms with Crippen LogP contribution < -0.4 is 21.3 Å². The average Bonchev–Trinajstić information content (AvgIpc) is 2.49. The van der Waals surface area contributed by atoms with Gasteiger partial charge in [0.15, 0.2) is 0 Å². The average molecular weight is 289 g/mol. The van der Waals surface area contributed by atoms with Gasteiger partial charge in [0.2, 0.25) is 0 Å². The van der Waals surface area contributed by atoms with E-state index in [1.807, 2.05) is 0 Å². The molecule has 0 bridgehead atoms. The van der Waals surface area contributed by atoms with E-state index in [9.17, 15) is 9.18 Å². The van der Waals surface area contributed by atoms with Gasteiger partial charge in [0.25, 0.3) is 5.91 Å². The van der Waals surface area contributed by atoms with E-state index in [2.05, 4.69) is 10.7 Å². The maximum atomic E-state index is 13.7. The first-order chi connectivity index (χ1) is 10.0. The Bertz CT molecular complexity index is 674. The van der Waals surface area contributed by atoms with Crippen LogP contribution in [0.1, 0.15) is 15.9 Å². The van der Waals surface area contributed by atoms with Gasteiger partial charge in [-0.2, -0.15) is 0 Å². The summed E-state index contributed by atoms with van der Waals surface area (Å²) in [6.07, 6.45) is 0. The third-order valence-electron chi connectivity index (χ3n) is 3.06. The lowest BCUT2D eigenvalue weighted by Gasteiger charge is -2.11. The molecule has 110 valence electrons. The molecule has 0 atom stereocenters. The fraction of sp³-hybridized carbons (Fsp3) is 0.133. The number of aryl methyl sites for hydroxylation is 1. The van der Waals surface area contributed by atoms with Gasteiger partial charge in [-0.15, -0.1) is 0 Å². The van der Waals surface area contributed by atoms with E-state index in [4.69, 9.17) is 10.6 Å². The summed E-state index contributed by atoms with van der Waals surface area (Å²) in [4.78, 5) is 12.2. The summed E-state index contributed by atoms with van der Waals surface area (Å²) < 4.78 is 18.7. The summed E-state index contributed by atoms with van der Waals surface area (Å²) in [7, 11) is 1.47. The topological polar surface area (TPSA) is 76.4 Å². The zero-order chi connectivity index (χ0) is 15.4. The molecule has 0 spiro atoms. The lowest BCUT2D eigenvalue weighted by atomic mass is 10.1. The predicted octanol–water partition coefficient (Wildman–Crippen LogP) is 2.68. The van der Waals surface area contributed by atoms with Crippen molar-refractivity contribution in [1.29, 1.82) is 0 Å². The maximum Gasteiger partial charge on any atom is 0.256 e. The van der Waals surface area contributed by atoms with Gasteiger partial charge in [-0.1, -0.05) is 0 Å². The van der Waals surface area contributed by atoms with Crippen molar-refractivity contribution in [1.82, 2.24) is 0 Å². The number of halogens is 1. The highest BCUT2D eigenvalue weighted by atomic mass is 19.1. The number of carbonyl (C=O) groups excluding carboxylic acids is 1. The molecule has 0 aliphatic heterocycles. The molecule has 6 heteroatoms. The molecule has 1 amide bonds. The molecule has 0 radical (unpaired) electrons. The number of carbonyl (C=O) groups is 1. The minimum atomic E-state index is -0.526. The first kappa shape index (κ1) is 14.8. The number of hydrogen-bond donors (Lipinski definition) is 3. The molecule has 0 heterocycles. The van der Waals surface area contributed by atoms with Gasteiger partial charge >= 0.3 is 0 Å². The molecule has 2 aromatic rings. The van der Waals surface area contributed by atoms with E-state index in [0.717, 1.165) is 5.56 Å². The molecule has 21 heavy (non-hydrogen) atoms. The van der Waals surface area contributed by atoms with Crippen LogP contribution in [-0.4, -0.2) is 13.0 Å². The van der Waals surface area contributed by atoms with Crippen LogP contribution >= 0.6 is 0 Å². The monoisotopic (exact) mass is 289 g/mol. The van der Waals surface area contributed by atoms with E-state index < -0.39 is 11.7 Å². The van der Waals surface area contributed by atoms with Crippen LogP contribution in [0.3, 0.4) is 0 Å². The van der Waals surface area contributed by atoms with Crippen molar-refractivity contribution >= 4 is 17.3 Å². The Morgan fingerprint density at radius 2 is 2.00 bits per heavy atom. The minimum absolute atomic E-state index is 0.0692. The lowest BCUT2D eigenvalue weighted by molar-refractivity contribution is 0.102. The summed E-state index contributed by atoms with van der Waals surface area (Å²) in [6.45, 7) is 1.78. The Morgan fingerprint density at radius 1 is 1.24 bits per heavy atom. The number of nitrogens with one attached hydrogen (secondary N) is 2. The highest BCUT2D eigenvalue weighted by Crippen LogP contribution is 2.22. The molecule has 0 aliphatic rings. The molecular formula is C15H16FN3O2. The van der Waals surface area contributed by atoms with Crippen LogP contribution in [0.5, 0.6) is 5.75 Å². The van der Waals surface area contributed by atoms with Crippen LogP contribution in [0.25, 0.3) is 0 Å². The van der Waals surface area contributed by atoms with E-state index in [1.54, 1.807) is 25.1 Å². The Kier molecular flexibility index (Phi) is 4.39. The molecule has 0 aromatic heterocycles. The Morgan fingerprint density at radius 3 is 2.62 bits per heavy atom. The maximum absolute atomic E-state index is 13.7. The van der Waals surface area contributed by atoms with E-state index in [1.165, 1.54) is 25.3 Å². The largest absolute Gasteiger partial charge is 0.497 e. The number of rotatable bonds is 4. The van der Waals surface area contributed by atoms with E-state index in [-0.39, 0.29) is 5.69 Å². The molecular weight excluding hydrogens is 273 g/mol. The number of hydrogen-bond acceptors (Lipinski definition) is 4. The Hall–Kier alpha value is -2.60. The first-order valence-electron chi connectivity index (χ1n) is 6.27. The number of nitrogens with two attached hydrogens (primary N) is 1. The van der Waals surface area contributed by atoms with Crippen LogP contribution in [0.15, 0.2) is 36.4 Å². The minimum Gasteiger partial charge on any atom is -0.497 e. The zero-order valence-electron chi connectivity index (χ0n) is 11.7. The highest BCUT2D eigenvalue weighted by Gasteiger charge is 2.12. The van der Waals surface area contributed by atoms with Crippen LogP contribution in [0.2, 0.25) is 0 Å². The first-order valence-corrected chi connectivity index (χ1v) is 6.27. The smallest absolute Gasteiger partial charge is 0.256 e. The van der Waals surface area contributed by atoms with Crippen LogP contribution in [0, 0.1) is 12.7 Å². The molecule has 0 unspecified atom stereocenters. The van der Waals surface area contributed by atoms with E-state index in [0.29, 0.717) is 17.0 Å². The number of nitrogen functional groups attached to an aromatic ring is 1. The SMILES string of the molecule is COc1ccc(F)c(NC(=O)c2ccc(NN)cc2C)c1. The summed E-state index contributed by atoms with van der Waals surface area (Å²) in [5.41, 5.74) is 4.43. The van der Waals surface area contributed by atoms with Gasteiger partial charge < -0.3 is 15.5 Å². The van der Waals surface area contributed by atoms with Crippen molar-refractivity contribution in [2.45, 2.75) is 6.92 Å². The number of methoxy groups -OCH3 is 1. The van der Waals surface area contributed by atoms with Crippen molar-refractivity contribution in [3.05, 3.63) is 53.3 Å². The molecule has 0 fully saturated rings. The Balaban J connectivity index is 2.26. The summed E-state index contributed by atoms with van der Waals surface area (Å²) in [5, 5.41) is 2.53. The van der Waals surface area contributed by atoms with Crippen molar-refractivity contribution in [3.8, 4) is 5.75 Å². The van der Waals surface area contributed by atoms with Crippen molar-refractivity contribution < 1.29 is 13.9 Å². The summed E-state index contributed by atoms with van der Waals surface area (Å²) in [5.74, 6) is 4.84. The number of hydrazine groups is 1. The molecule has 0 saturated carbocycles. The second-order valence-corrected chi connectivity index (χ2v) is 4.47. The highest BCUT2D eigenvalue weighted by molar-refractivity contribution is 6.05. The van der Waals surface area contributed by atoms with Gasteiger partial charge in [-0.05, 0) is 42.8 Å². The fourth-order valence-electron chi connectivity index (χ4n) is 1.93. The third kappa shape index (κ3) is 3.29. The molecule has 0 aliphatic carbocycles. The van der Waals surface area contributed by atoms with E-state index >= 15 is 0 Å². The second kappa shape index (κ2) is 6.23. The fourth-order valence-corrected chi connectivity index (χ4v) is 1.93. The molecule has 2 aromatic carbocycles. The van der Waals surface area contributed by atoms with Crippen molar-refractivity contribution in [2.75, 3.05) is 17.9 Å². The van der Waals surface area contributed by atoms with Crippen molar-refractivity contribution in [2.24, 2.45) is 5.84 Å². The molecule has 0 saturated heterocycles. The standard InChI is InChI=1S/C15H16FN3O2/c1-9-7-10(19-17)3-5-12(9)15(20)18-14-8-11(21-2)4-6-13(14)16/h3-8,19H,17H2,1-2H3,(H,18,20). The molecule has 4 N–H and O–H groups in total. The van der Waals surface area contributed by atoms with Crippen LogP contribution in [0.4, 0.5) is 15.8 Å². The van der Waals surface area contributed by atoms with Gasteiger partial charge in [0, 0.05) is 17.3 Å². The summed E-state index contributed by atoms with van der Waals surface area (Å²) >= 11 is 0. The van der Waals surface area contributed by atoms with Crippen LogP contribution in [-0.2, 0) is 0 Å². The zero-order valence-corrected chi connectivity index (χ0v) is 11.7. The second-order valence-electron chi connectivity index (χ2n) is 4.47. The lowest BCUT2D eigenvalue weighted by Crippen LogP contribution is -2.15. The number of ether oxygens (including phenoxy) is 1. The summed E-state index contributed by atoms with van der Waals surface area (Å²) in [6, 6.07) is 9.18. The number of benzene rings is 2. The number of anilines is 2. The molecule has 5 nitrogen and oxygen atoms in total.